The molecule has 0 N–H and O–H groups in total. The van der Waals surface area contributed by atoms with Gasteiger partial charge in [-0.05, 0) is 46.1 Å². The first-order valence-electron chi connectivity index (χ1n) is 8.77. The molecule has 0 amide bonds. The van der Waals surface area contributed by atoms with Crippen LogP contribution in [-0.2, 0) is 5.41 Å². The standard InChI is InChI=1S/C23H24S/c1-15-6-5-7-20-19-13-10-17(14-21(19)24-22(15)20)16-8-11-18(12-9-16)23(2,3)4/h5,7-15H,6H2,1-4H3. The average Bonchev–Trinajstić information content (AvgIpc) is 2.93. The molecule has 0 saturated carbocycles. The zero-order valence-electron chi connectivity index (χ0n) is 14.9. The van der Waals surface area contributed by atoms with E-state index in [1.165, 1.54) is 38.8 Å². The van der Waals surface area contributed by atoms with Crippen LogP contribution in [0.25, 0.3) is 27.3 Å². The van der Waals surface area contributed by atoms with Crippen LogP contribution in [0.4, 0.5) is 0 Å². The van der Waals surface area contributed by atoms with Gasteiger partial charge < -0.3 is 0 Å². The van der Waals surface area contributed by atoms with Crippen LogP contribution < -0.4 is 0 Å². The number of rotatable bonds is 1. The third-order valence-electron chi connectivity index (χ3n) is 5.06. The van der Waals surface area contributed by atoms with Crippen molar-refractivity contribution in [2.24, 2.45) is 0 Å². The summed E-state index contributed by atoms with van der Waals surface area (Å²) in [6.07, 6.45) is 5.80. The van der Waals surface area contributed by atoms with Crippen molar-refractivity contribution in [3.05, 3.63) is 64.5 Å². The second kappa shape index (κ2) is 5.60. The van der Waals surface area contributed by atoms with E-state index in [1.54, 1.807) is 4.88 Å². The van der Waals surface area contributed by atoms with E-state index < -0.39 is 0 Å². The van der Waals surface area contributed by atoms with E-state index in [1.807, 2.05) is 11.3 Å². The van der Waals surface area contributed by atoms with Crippen molar-refractivity contribution in [1.29, 1.82) is 0 Å². The molecule has 24 heavy (non-hydrogen) atoms. The van der Waals surface area contributed by atoms with Crippen LogP contribution in [0.15, 0.2) is 48.5 Å². The normalized spacial score (nSPS) is 17.2. The minimum atomic E-state index is 0.206. The first-order valence-corrected chi connectivity index (χ1v) is 9.59. The smallest absolute Gasteiger partial charge is 0.0358 e. The summed E-state index contributed by atoms with van der Waals surface area (Å²) in [6, 6.07) is 16.0. The topological polar surface area (TPSA) is 0 Å². The van der Waals surface area contributed by atoms with Gasteiger partial charge in [0.05, 0.1) is 0 Å². The first kappa shape index (κ1) is 15.7. The highest BCUT2D eigenvalue weighted by molar-refractivity contribution is 7.19. The van der Waals surface area contributed by atoms with E-state index >= 15 is 0 Å². The predicted octanol–water partition coefficient (Wildman–Crippen LogP) is 7.39. The molecule has 0 saturated heterocycles. The van der Waals surface area contributed by atoms with Crippen LogP contribution in [0.2, 0.25) is 0 Å². The molecule has 1 heterocycles. The van der Waals surface area contributed by atoms with Crippen LogP contribution in [0, 0.1) is 0 Å². The molecule has 0 nitrogen and oxygen atoms in total. The molecule has 1 aliphatic carbocycles. The van der Waals surface area contributed by atoms with Gasteiger partial charge >= 0.3 is 0 Å². The predicted molar refractivity (Wildman–Crippen MR) is 108 cm³/mol. The van der Waals surface area contributed by atoms with Crippen molar-refractivity contribution in [2.75, 3.05) is 0 Å². The molecule has 0 radical (unpaired) electrons. The fraction of sp³-hybridized carbons (Fsp3) is 0.304. The number of hydrogen-bond donors (Lipinski definition) is 0. The lowest BCUT2D eigenvalue weighted by atomic mass is 9.86. The van der Waals surface area contributed by atoms with Gasteiger partial charge in [-0.15, -0.1) is 11.3 Å². The fourth-order valence-electron chi connectivity index (χ4n) is 3.51. The molecule has 0 fully saturated rings. The summed E-state index contributed by atoms with van der Waals surface area (Å²) >= 11 is 1.97. The zero-order chi connectivity index (χ0) is 16.9. The minimum absolute atomic E-state index is 0.206. The Kier molecular flexibility index (Phi) is 3.65. The Morgan fingerprint density at radius 3 is 2.38 bits per heavy atom. The fourth-order valence-corrected chi connectivity index (χ4v) is 4.81. The van der Waals surface area contributed by atoms with Crippen LogP contribution >= 0.6 is 11.3 Å². The van der Waals surface area contributed by atoms with Crippen molar-refractivity contribution in [3.8, 4) is 11.1 Å². The molecule has 0 aliphatic heterocycles. The van der Waals surface area contributed by atoms with Crippen LogP contribution in [0.3, 0.4) is 0 Å². The van der Waals surface area contributed by atoms with Crippen molar-refractivity contribution >= 4 is 27.5 Å². The number of allylic oxidation sites excluding steroid dienone is 1. The summed E-state index contributed by atoms with van der Waals surface area (Å²) in [5.74, 6) is 0.650. The zero-order valence-corrected chi connectivity index (χ0v) is 15.7. The molecule has 1 aliphatic rings. The summed E-state index contributed by atoms with van der Waals surface area (Å²) in [5, 5.41) is 1.41. The van der Waals surface area contributed by atoms with Gasteiger partial charge in [0.15, 0.2) is 0 Å². The maximum absolute atomic E-state index is 2.37. The molecule has 2 aromatic carbocycles. The van der Waals surface area contributed by atoms with Gasteiger partial charge in [0.25, 0.3) is 0 Å². The maximum atomic E-state index is 2.37. The molecule has 1 aromatic heterocycles. The molecule has 1 unspecified atom stereocenters. The molecule has 1 heteroatoms. The Hall–Kier alpha value is -1.86. The van der Waals surface area contributed by atoms with Gasteiger partial charge in [0.2, 0.25) is 0 Å². The van der Waals surface area contributed by atoms with Gasteiger partial charge in [-0.25, -0.2) is 0 Å². The van der Waals surface area contributed by atoms with Crippen molar-refractivity contribution in [1.82, 2.24) is 0 Å². The Bertz CT molecular complexity index is 917. The number of thiophene rings is 1. The van der Waals surface area contributed by atoms with E-state index in [0.717, 1.165) is 0 Å². The quantitative estimate of drug-likeness (QED) is 0.436. The number of fused-ring (bicyclic) bond motifs is 3. The van der Waals surface area contributed by atoms with Crippen LogP contribution in [0.5, 0.6) is 0 Å². The Morgan fingerprint density at radius 1 is 0.958 bits per heavy atom. The van der Waals surface area contributed by atoms with Gasteiger partial charge in [-0.3, -0.25) is 0 Å². The van der Waals surface area contributed by atoms with E-state index in [2.05, 4.69) is 82.3 Å². The second-order valence-electron chi connectivity index (χ2n) is 7.96. The highest BCUT2D eigenvalue weighted by atomic mass is 32.1. The first-order chi connectivity index (χ1) is 11.4. The Morgan fingerprint density at radius 2 is 1.67 bits per heavy atom. The van der Waals surface area contributed by atoms with Crippen molar-refractivity contribution in [2.45, 2.75) is 45.4 Å². The van der Waals surface area contributed by atoms with E-state index in [-0.39, 0.29) is 5.41 Å². The van der Waals surface area contributed by atoms with Gasteiger partial charge in [0.1, 0.15) is 0 Å². The highest BCUT2D eigenvalue weighted by Gasteiger charge is 2.18. The molecule has 1 atom stereocenters. The number of benzene rings is 2. The highest BCUT2D eigenvalue weighted by Crippen LogP contribution is 2.42. The second-order valence-corrected chi connectivity index (χ2v) is 9.04. The monoisotopic (exact) mass is 332 g/mol. The van der Waals surface area contributed by atoms with E-state index in [0.29, 0.717) is 5.92 Å². The van der Waals surface area contributed by atoms with Crippen molar-refractivity contribution < 1.29 is 0 Å². The maximum Gasteiger partial charge on any atom is 0.0358 e. The summed E-state index contributed by atoms with van der Waals surface area (Å²) < 4.78 is 1.41. The molecule has 0 spiro atoms. The summed E-state index contributed by atoms with van der Waals surface area (Å²) in [4.78, 5) is 1.55. The summed E-state index contributed by atoms with van der Waals surface area (Å²) in [5.41, 5.74) is 5.66. The van der Waals surface area contributed by atoms with Crippen LogP contribution in [0.1, 0.15) is 56.0 Å². The lowest BCUT2D eigenvalue weighted by molar-refractivity contribution is 0.590. The Balaban J connectivity index is 1.77. The largest absolute Gasteiger partial charge is 0.139 e. The summed E-state index contributed by atoms with van der Waals surface area (Å²) in [7, 11) is 0. The molecule has 122 valence electrons. The summed E-state index contributed by atoms with van der Waals surface area (Å²) in [6.45, 7) is 9.13. The van der Waals surface area contributed by atoms with Crippen molar-refractivity contribution in [3.63, 3.8) is 0 Å². The molecule has 4 rings (SSSR count). The Labute approximate surface area is 148 Å². The third-order valence-corrected chi connectivity index (χ3v) is 6.46. The van der Waals surface area contributed by atoms with Crippen LogP contribution in [-0.4, -0.2) is 0 Å². The third kappa shape index (κ3) is 2.61. The minimum Gasteiger partial charge on any atom is -0.139 e. The van der Waals surface area contributed by atoms with E-state index in [9.17, 15) is 0 Å². The van der Waals surface area contributed by atoms with Gasteiger partial charge in [0, 0.05) is 15.0 Å². The molecule has 0 bridgehead atoms. The SMILES string of the molecule is CC1CC=Cc2c1sc1cc(-c3ccc(C(C)(C)C)cc3)ccc21. The van der Waals surface area contributed by atoms with E-state index in [4.69, 9.17) is 0 Å². The van der Waals surface area contributed by atoms with Gasteiger partial charge in [-0.2, -0.15) is 0 Å². The number of hydrogen-bond acceptors (Lipinski definition) is 1. The molecular formula is C23H24S. The average molecular weight is 333 g/mol. The van der Waals surface area contributed by atoms with Gasteiger partial charge in [-0.1, -0.05) is 76.2 Å². The molecular weight excluding hydrogens is 308 g/mol. The lowest BCUT2D eigenvalue weighted by Crippen LogP contribution is -2.10. The lowest BCUT2D eigenvalue weighted by Gasteiger charge is -2.19. The molecule has 3 aromatic rings.